The number of nitrogens with zero attached hydrogens (tertiary/aromatic N) is 1. The van der Waals surface area contributed by atoms with Crippen molar-refractivity contribution in [2.24, 2.45) is 0 Å². The van der Waals surface area contributed by atoms with E-state index in [1.807, 2.05) is 49.1 Å². The Morgan fingerprint density at radius 2 is 1.37 bits per heavy atom. The number of hydrogen-bond donors (Lipinski definition) is 0. The van der Waals surface area contributed by atoms with E-state index in [-0.39, 0.29) is 5.91 Å². The average molecular weight is 399 g/mol. The van der Waals surface area contributed by atoms with Gasteiger partial charge in [-0.3, -0.25) is 4.79 Å². The minimum Gasteiger partial charge on any atom is -0.486 e. The highest BCUT2D eigenvalue weighted by molar-refractivity contribution is 5.88. The van der Waals surface area contributed by atoms with Crippen molar-refractivity contribution < 1.29 is 14.3 Å². The predicted molar refractivity (Wildman–Crippen MR) is 117 cm³/mol. The van der Waals surface area contributed by atoms with Crippen molar-refractivity contribution in [3.05, 3.63) is 83.4 Å². The maximum absolute atomic E-state index is 13.8. The van der Waals surface area contributed by atoms with Crippen LogP contribution in [0.1, 0.15) is 30.5 Å². The lowest BCUT2D eigenvalue weighted by Gasteiger charge is -2.32. The fourth-order valence-corrected chi connectivity index (χ4v) is 4.40. The Balaban J connectivity index is 1.52. The lowest BCUT2D eigenvalue weighted by Crippen LogP contribution is -2.42. The van der Waals surface area contributed by atoms with Gasteiger partial charge in [0.05, 0.1) is 5.41 Å². The maximum Gasteiger partial charge on any atom is 0.233 e. The highest BCUT2D eigenvalue weighted by Gasteiger charge is 2.36. The molecule has 4 heteroatoms. The molecule has 0 bridgehead atoms. The summed E-state index contributed by atoms with van der Waals surface area (Å²) in [7, 11) is 0. The first-order valence-corrected chi connectivity index (χ1v) is 10.4. The Hall–Kier alpha value is -3.27. The third-order valence-electron chi connectivity index (χ3n) is 6.13. The molecule has 0 spiro atoms. The predicted octanol–water partition coefficient (Wildman–Crippen LogP) is 4.94. The molecular weight excluding hydrogens is 374 g/mol. The zero-order valence-electron chi connectivity index (χ0n) is 17.4. The summed E-state index contributed by atoms with van der Waals surface area (Å²) in [5.74, 6) is 1.56. The molecule has 1 amide bonds. The Labute approximate surface area is 177 Å². The third-order valence-corrected chi connectivity index (χ3v) is 6.13. The van der Waals surface area contributed by atoms with E-state index in [9.17, 15) is 4.79 Å². The summed E-state index contributed by atoms with van der Waals surface area (Å²) in [6.45, 7) is 6.26. The normalized spacial score (nSPS) is 15.1. The monoisotopic (exact) mass is 399 g/mol. The Morgan fingerprint density at radius 3 is 2.00 bits per heavy atom. The summed E-state index contributed by atoms with van der Waals surface area (Å²) in [5, 5.41) is 0. The van der Waals surface area contributed by atoms with Crippen molar-refractivity contribution in [2.45, 2.75) is 32.4 Å². The Morgan fingerprint density at radius 1 is 0.800 bits per heavy atom. The molecule has 2 aliphatic rings. The molecule has 30 heavy (non-hydrogen) atoms. The first kappa shape index (κ1) is 18.7. The van der Waals surface area contributed by atoms with Gasteiger partial charge in [0.2, 0.25) is 5.91 Å². The van der Waals surface area contributed by atoms with Crippen molar-refractivity contribution in [3.63, 3.8) is 0 Å². The second-order valence-corrected chi connectivity index (χ2v) is 8.46. The molecule has 5 rings (SSSR count). The van der Waals surface area contributed by atoms with E-state index in [4.69, 9.17) is 9.47 Å². The van der Waals surface area contributed by atoms with Crippen LogP contribution in [0.15, 0.2) is 66.7 Å². The van der Waals surface area contributed by atoms with Gasteiger partial charge in [-0.25, -0.2) is 0 Å². The van der Waals surface area contributed by atoms with Crippen molar-refractivity contribution in [1.29, 1.82) is 0 Å². The van der Waals surface area contributed by atoms with Crippen molar-refractivity contribution in [3.8, 4) is 22.6 Å². The lowest BCUT2D eigenvalue weighted by molar-refractivity contribution is -0.137. The van der Waals surface area contributed by atoms with E-state index >= 15 is 0 Å². The SMILES string of the molecule is CC(C)(C(=O)N1Cc2ccccc2-c2ccccc2C1)c1ccc2c(c1)OCCO2. The number of hydrogen-bond acceptors (Lipinski definition) is 3. The summed E-state index contributed by atoms with van der Waals surface area (Å²) in [6, 6.07) is 22.6. The molecule has 4 nitrogen and oxygen atoms in total. The molecule has 0 N–H and O–H groups in total. The van der Waals surface area contributed by atoms with Crippen LogP contribution in [0, 0.1) is 0 Å². The molecule has 0 aliphatic carbocycles. The van der Waals surface area contributed by atoms with Gasteiger partial charge >= 0.3 is 0 Å². The Kier molecular flexibility index (Phi) is 4.50. The van der Waals surface area contributed by atoms with Gasteiger partial charge in [-0.2, -0.15) is 0 Å². The van der Waals surface area contributed by atoms with Crippen LogP contribution in [0.5, 0.6) is 11.5 Å². The second-order valence-electron chi connectivity index (χ2n) is 8.46. The number of carbonyl (C=O) groups is 1. The van der Waals surface area contributed by atoms with Gasteiger partial charge in [-0.1, -0.05) is 54.6 Å². The van der Waals surface area contributed by atoms with Crippen LogP contribution in [0.3, 0.4) is 0 Å². The van der Waals surface area contributed by atoms with E-state index in [1.54, 1.807) is 0 Å². The number of benzene rings is 3. The number of ether oxygens (including phenoxy) is 2. The topological polar surface area (TPSA) is 38.8 Å². The largest absolute Gasteiger partial charge is 0.486 e. The minimum absolute atomic E-state index is 0.102. The number of carbonyl (C=O) groups excluding carboxylic acids is 1. The quantitative estimate of drug-likeness (QED) is 0.612. The molecule has 2 heterocycles. The first-order chi connectivity index (χ1) is 14.5. The molecular formula is C26H25NO3. The molecule has 0 saturated carbocycles. The fourth-order valence-electron chi connectivity index (χ4n) is 4.40. The van der Waals surface area contributed by atoms with Crippen LogP contribution in [-0.4, -0.2) is 24.0 Å². The van der Waals surface area contributed by atoms with Crippen molar-refractivity contribution in [2.75, 3.05) is 13.2 Å². The zero-order valence-corrected chi connectivity index (χ0v) is 17.4. The molecule has 0 atom stereocenters. The van der Waals surface area contributed by atoms with Gasteiger partial charge in [-0.05, 0) is 53.8 Å². The molecule has 0 saturated heterocycles. The molecule has 0 aromatic heterocycles. The maximum atomic E-state index is 13.8. The minimum atomic E-state index is -0.690. The standard InChI is InChI=1S/C26H25NO3/c1-26(2,20-11-12-23-24(15-20)30-14-13-29-23)25(28)27-16-18-7-3-5-9-21(18)22-10-6-4-8-19(22)17-27/h3-12,15H,13-14,16-17H2,1-2H3. The molecule has 0 unspecified atom stereocenters. The first-order valence-electron chi connectivity index (χ1n) is 10.4. The molecule has 0 fully saturated rings. The van der Waals surface area contributed by atoms with Gasteiger partial charge < -0.3 is 14.4 Å². The molecule has 152 valence electrons. The van der Waals surface area contributed by atoms with E-state index < -0.39 is 5.41 Å². The summed E-state index contributed by atoms with van der Waals surface area (Å²) >= 11 is 0. The molecule has 2 aliphatic heterocycles. The van der Waals surface area contributed by atoms with Crippen LogP contribution < -0.4 is 9.47 Å². The van der Waals surface area contributed by atoms with Crippen LogP contribution in [-0.2, 0) is 23.3 Å². The summed E-state index contributed by atoms with van der Waals surface area (Å²) in [4.78, 5) is 15.8. The molecule has 3 aromatic rings. The van der Waals surface area contributed by atoms with E-state index in [1.165, 1.54) is 22.3 Å². The number of rotatable bonds is 2. The van der Waals surface area contributed by atoms with Crippen LogP contribution in [0.25, 0.3) is 11.1 Å². The lowest BCUT2D eigenvalue weighted by atomic mass is 9.82. The second kappa shape index (κ2) is 7.21. The summed E-state index contributed by atoms with van der Waals surface area (Å²) in [5.41, 5.74) is 5.01. The molecule has 0 radical (unpaired) electrons. The van der Waals surface area contributed by atoms with E-state index in [0.717, 1.165) is 11.3 Å². The number of fused-ring (bicyclic) bond motifs is 4. The third kappa shape index (κ3) is 3.13. The van der Waals surface area contributed by atoms with Crippen molar-refractivity contribution in [1.82, 2.24) is 4.90 Å². The highest BCUT2D eigenvalue weighted by Crippen LogP contribution is 2.38. The van der Waals surface area contributed by atoms with E-state index in [0.29, 0.717) is 32.1 Å². The average Bonchev–Trinajstić information content (AvgIpc) is 2.95. The van der Waals surface area contributed by atoms with Gasteiger partial charge in [-0.15, -0.1) is 0 Å². The van der Waals surface area contributed by atoms with Crippen LogP contribution in [0.2, 0.25) is 0 Å². The smallest absolute Gasteiger partial charge is 0.233 e. The van der Waals surface area contributed by atoms with Gasteiger partial charge in [0, 0.05) is 13.1 Å². The van der Waals surface area contributed by atoms with E-state index in [2.05, 4.69) is 36.4 Å². The van der Waals surface area contributed by atoms with Gasteiger partial charge in [0.15, 0.2) is 11.5 Å². The summed E-state index contributed by atoms with van der Waals surface area (Å²) in [6.07, 6.45) is 0. The van der Waals surface area contributed by atoms with Gasteiger partial charge in [0.25, 0.3) is 0 Å². The van der Waals surface area contributed by atoms with Crippen molar-refractivity contribution >= 4 is 5.91 Å². The van der Waals surface area contributed by atoms with Crippen LogP contribution in [0.4, 0.5) is 0 Å². The number of amides is 1. The fraction of sp³-hybridized carbons (Fsp3) is 0.269. The zero-order chi connectivity index (χ0) is 20.7. The van der Waals surface area contributed by atoms with Crippen LogP contribution >= 0.6 is 0 Å². The molecule has 3 aromatic carbocycles. The summed E-state index contributed by atoms with van der Waals surface area (Å²) < 4.78 is 11.4. The Bertz CT molecular complexity index is 1070. The highest BCUT2D eigenvalue weighted by atomic mass is 16.6. The van der Waals surface area contributed by atoms with Gasteiger partial charge in [0.1, 0.15) is 13.2 Å².